The van der Waals surface area contributed by atoms with Crippen molar-refractivity contribution in [3.8, 4) is 0 Å². The van der Waals surface area contributed by atoms with Gasteiger partial charge in [0, 0.05) is 106 Å². The summed E-state index contributed by atoms with van der Waals surface area (Å²) in [5.41, 5.74) is 9.25. The molecule has 0 radical (unpaired) electrons. The van der Waals surface area contributed by atoms with Crippen LogP contribution in [0, 0.1) is 17.7 Å². The number of hydrogen-bond donors (Lipinski definition) is 3. The fourth-order valence-electron chi connectivity index (χ4n) is 9.54. The highest BCUT2D eigenvalue weighted by Gasteiger charge is 2.33. The van der Waals surface area contributed by atoms with Gasteiger partial charge in [-0.3, -0.25) is 9.58 Å². The molecule has 7 heterocycles. The molecule has 0 spiro atoms. The number of nitrogens with zero attached hydrogens (tertiary/aromatic N) is 9. The summed E-state index contributed by atoms with van der Waals surface area (Å²) >= 11 is 6.70. The second-order valence-corrected chi connectivity index (χ2v) is 17.9. The number of rotatable bonds is 12. The summed E-state index contributed by atoms with van der Waals surface area (Å²) in [7, 11) is 3.82. The smallest absolute Gasteiger partial charge is 0.227 e. The average Bonchev–Trinajstić information content (AvgIpc) is 3.56. The molecule has 3 saturated heterocycles. The Kier molecular flexibility index (Phi) is 12.2. The number of allylic oxidation sites excluding steroid dienone is 4. The van der Waals surface area contributed by atoms with E-state index in [1.807, 2.05) is 31.0 Å². The van der Waals surface area contributed by atoms with Gasteiger partial charge in [-0.1, -0.05) is 44.8 Å². The Balaban J connectivity index is 0.895. The van der Waals surface area contributed by atoms with E-state index < -0.39 is 0 Å². The number of aromatic nitrogens is 5. The second-order valence-electron chi connectivity index (χ2n) is 17.5. The van der Waals surface area contributed by atoms with Gasteiger partial charge < -0.3 is 30.7 Å². The van der Waals surface area contributed by atoms with Crippen LogP contribution in [0.3, 0.4) is 0 Å². The number of halogens is 2. The van der Waals surface area contributed by atoms with Gasteiger partial charge in [0.1, 0.15) is 16.7 Å². The highest BCUT2D eigenvalue weighted by atomic mass is 35.5. The zero-order valence-electron chi connectivity index (χ0n) is 36.4. The van der Waals surface area contributed by atoms with Gasteiger partial charge >= 0.3 is 0 Å². The van der Waals surface area contributed by atoms with Crippen molar-refractivity contribution in [3.05, 3.63) is 107 Å². The fraction of sp³-hybridized carbons (Fsp3) is 0.447. The van der Waals surface area contributed by atoms with E-state index in [9.17, 15) is 0 Å². The lowest BCUT2D eigenvalue weighted by molar-refractivity contribution is 0.169. The van der Waals surface area contributed by atoms with Crippen molar-refractivity contribution >= 4 is 57.5 Å². The number of benzene rings is 1. The van der Waals surface area contributed by atoms with Crippen LogP contribution in [0.25, 0.3) is 17.0 Å². The molecule has 3 atom stereocenters. The average molecular weight is 848 g/mol. The highest BCUT2D eigenvalue weighted by Crippen LogP contribution is 2.41. The van der Waals surface area contributed by atoms with Crippen molar-refractivity contribution in [2.24, 2.45) is 18.9 Å². The largest absolute Gasteiger partial charge is 0.392 e. The first kappa shape index (κ1) is 42.3. The van der Waals surface area contributed by atoms with E-state index in [4.69, 9.17) is 26.7 Å². The van der Waals surface area contributed by atoms with Crippen LogP contribution < -0.4 is 30.7 Å². The van der Waals surface area contributed by atoms with E-state index in [0.717, 1.165) is 140 Å². The lowest BCUT2D eigenvalue weighted by Crippen LogP contribution is -2.50. The van der Waals surface area contributed by atoms with Crippen LogP contribution in [0.4, 0.5) is 33.3 Å². The van der Waals surface area contributed by atoms with Crippen LogP contribution in [-0.4, -0.2) is 88.5 Å². The molecule has 4 aliphatic heterocycles. The Morgan fingerprint density at radius 2 is 1.84 bits per heavy atom. The number of piperidine rings is 2. The molecular formula is C47H60ClFN12. The third-order valence-electron chi connectivity index (χ3n) is 13.0. The van der Waals surface area contributed by atoms with E-state index in [1.54, 1.807) is 12.3 Å². The Morgan fingerprint density at radius 3 is 2.56 bits per heavy atom. The van der Waals surface area contributed by atoms with Gasteiger partial charge in [-0.05, 0) is 87.6 Å². The van der Waals surface area contributed by atoms with Crippen LogP contribution in [0.2, 0.25) is 5.02 Å². The van der Waals surface area contributed by atoms with Crippen LogP contribution in [0.5, 0.6) is 0 Å². The Bertz CT molecular complexity index is 2390. The van der Waals surface area contributed by atoms with E-state index in [1.165, 1.54) is 0 Å². The van der Waals surface area contributed by atoms with Gasteiger partial charge in [-0.15, -0.1) is 0 Å². The molecule has 3 N–H and O–H groups in total. The lowest BCUT2D eigenvalue weighted by atomic mass is 9.86. The van der Waals surface area contributed by atoms with Gasteiger partial charge in [0.05, 0.1) is 35.0 Å². The Hall–Kier alpha value is -5.40. The number of hydrogen-bond acceptors (Lipinski definition) is 11. The zero-order chi connectivity index (χ0) is 43.1. The third-order valence-corrected chi connectivity index (χ3v) is 13.3. The molecular weight excluding hydrogens is 787 g/mol. The minimum absolute atomic E-state index is 0.0607. The van der Waals surface area contributed by atoms with Crippen molar-refractivity contribution in [2.45, 2.75) is 64.8 Å². The monoisotopic (exact) mass is 846 g/mol. The van der Waals surface area contributed by atoms with Gasteiger partial charge in [0.2, 0.25) is 5.95 Å². The van der Waals surface area contributed by atoms with Crippen molar-refractivity contribution in [2.75, 3.05) is 72.9 Å². The van der Waals surface area contributed by atoms with Crippen LogP contribution in [-0.2, 0) is 7.05 Å². The molecule has 0 amide bonds. The van der Waals surface area contributed by atoms with Crippen molar-refractivity contribution in [1.82, 2.24) is 40.3 Å². The van der Waals surface area contributed by atoms with Crippen molar-refractivity contribution in [1.29, 1.82) is 0 Å². The Morgan fingerprint density at radius 1 is 1.05 bits per heavy atom. The van der Waals surface area contributed by atoms with E-state index in [-0.39, 0.29) is 17.8 Å². The first-order valence-corrected chi connectivity index (χ1v) is 22.0. The van der Waals surface area contributed by atoms with Gasteiger partial charge in [0.25, 0.3) is 0 Å². The molecule has 4 aromatic rings. The molecule has 0 bridgehead atoms. The maximum Gasteiger partial charge on any atom is 0.227 e. The molecule has 322 valence electrons. The van der Waals surface area contributed by atoms with Crippen molar-refractivity contribution < 1.29 is 4.39 Å². The molecule has 12 nitrogen and oxygen atoms in total. The van der Waals surface area contributed by atoms with Crippen LogP contribution in [0.1, 0.15) is 70.1 Å². The predicted molar refractivity (Wildman–Crippen MR) is 249 cm³/mol. The van der Waals surface area contributed by atoms with Crippen molar-refractivity contribution in [3.63, 3.8) is 0 Å². The first-order valence-electron chi connectivity index (χ1n) is 21.6. The van der Waals surface area contributed by atoms with Crippen LogP contribution in [0.15, 0.2) is 85.3 Å². The molecule has 61 heavy (non-hydrogen) atoms. The summed E-state index contributed by atoms with van der Waals surface area (Å²) in [5.74, 6) is 2.91. The summed E-state index contributed by atoms with van der Waals surface area (Å²) in [6, 6.07) is 5.77. The molecule has 0 aliphatic carbocycles. The molecule has 14 heteroatoms. The molecule has 1 aromatic carbocycles. The maximum absolute atomic E-state index is 15.7. The summed E-state index contributed by atoms with van der Waals surface area (Å²) < 4.78 is 17.6. The zero-order valence-corrected chi connectivity index (χ0v) is 37.1. The summed E-state index contributed by atoms with van der Waals surface area (Å²) in [6.07, 6.45) is 10.1. The molecule has 0 saturated carbocycles. The van der Waals surface area contributed by atoms with E-state index in [0.29, 0.717) is 34.3 Å². The van der Waals surface area contributed by atoms with E-state index in [2.05, 4.69) is 99.8 Å². The number of fused-ring (bicyclic) bond motifs is 2. The molecule has 8 rings (SSSR count). The minimum atomic E-state index is -0.202. The standard InChI is InChI=1S/C47H60ClFN12/c1-28(2)61-33(7)34(12-10-30(4)50-8)22-36-23-37(24-51-46(36)61)54-45-40(48)25-52-47(55-45)60-17-16-35(29(3)26-60)27-58-18-20-59(21-19-58)44-41(49)15-14-39-42(56-57(9)43(39)44)38-13-11-31(5)53-32(38)6/h14-15,22-25,28-29,35,38,50,53H,4-7,10-13,16-21,26-27H2,1-3,8-9H3,(H,52,54,55). The topological polar surface area (TPSA) is 106 Å². The summed E-state index contributed by atoms with van der Waals surface area (Å²) in [5, 5.41) is 16.3. The molecule has 3 unspecified atom stereocenters. The first-order chi connectivity index (χ1) is 29.3. The van der Waals surface area contributed by atoms with E-state index >= 15 is 4.39 Å². The SMILES string of the molecule is C=C(CCC1=Cc2cc(Nc3nc(N4CCC(CN5CCN(c6c(F)ccc7c(C8CCC(=C)NC8=C)nn(C)c67)CC5)C(C)C4)ncc3Cl)cnc2N(C(C)C)C1=C)NC. The number of piperazine rings is 1. The number of pyridine rings is 1. The summed E-state index contributed by atoms with van der Waals surface area (Å²) in [4.78, 5) is 23.7. The number of nitrogens with one attached hydrogen (secondary N) is 3. The molecule has 3 aromatic heterocycles. The van der Waals surface area contributed by atoms with Gasteiger partial charge in [-0.2, -0.15) is 10.1 Å². The minimum Gasteiger partial charge on any atom is -0.392 e. The highest BCUT2D eigenvalue weighted by molar-refractivity contribution is 6.32. The molecule has 4 aliphatic rings. The maximum atomic E-state index is 15.7. The van der Waals surface area contributed by atoms with Crippen LogP contribution >= 0.6 is 11.6 Å². The normalized spacial score (nSPS) is 21.2. The number of aryl methyl sites for hydroxylation is 1. The summed E-state index contributed by atoms with van der Waals surface area (Å²) in [6.45, 7) is 29.5. The predicted octanol–water partition coefficient (Wildman–Crippen LogP) is 8.71. The third kappa shape index (κ3) is 8.59. The number of anilines is 5. The lowest BCUT2D eigenvalue weighted by Gasteiger charge is -2.42. The van der Waals surface area contributed by atoms with Gasteiger partial charge in [0.15, 0.2) is 5.82 Å². The Labute approximate surface area is 364 Å². The fourth-order valence-corrected chi connectivity index (χ4v) is 9.68. The van der Waals surface area contributed by atoms with Gasteiger partial charge in [-0.25, -0.2) is 14.4 Å². The second kappa shape index (κ2) is 17.5. The molecule has 3 fully saturated rings. The quantitative estimate of drug-likeness (QED) is 0.128.